The normalized spacial score (nSPS) is 23.3. The molecule has 0 saturated carbocycles. The number of benzene rings is 1. The molecule has 3 nitrogen and oxygen atoms in total. The van der Waals surface area contributed by atoms with Gasteiger partial charge >= 0.3 is 0 Å². The van der Waals surface area contributed by atoms with Gasteiger partial charge < -0.3 is 9.47 Å². The minimum absolute atomic E-state index is 0.180. The van der Waals surface area contributed by atoms with Crippen LogP contribution in [0.2, 0.25) is 0 Å². The van der Waals surface area contributed by atoms with Gasteiger partial charge in [0.1, 0.15) is 6.10 Å². The summed E-state index contributed by atoms with van der Waals surface area (Å²) in [5, 5.41) is 0. The Morgan fingerprint density at radius 2 is 2.16 bits per heavy atom. The van der Waals surface area contributed by atoms with Crippen LogP contribution in [0.3, 0.4) is 0 Å². The third-order valence-electron chi connectivity index (χ3n) is 3.24. The molecule has 3 heteroatoms. The topological polar surface area (TPSA) is 35.5 Å². The first-order valence-corrected chi connectivity index (χ1v) is 6.66. The average Bonchev–Trinajstić information content (AvgIpc) is 2.43. The third kappa shape index (κ3) is 4.30. The van der Waals surface area contributed by atoms with Crippen LogP contribution in [0.4, 0.5) is 0 Å². The molecule has 1 heterocycles. The first kappa shape index (κ1) is 14.0. The minimum atomic E-state index is -0.293. The first-order chi connectivity index (χ1) is 9.29. The Bertz CT molecular complexity index is 413. The second kappa shape index (κ2) is 7.22. The fourth-order valence-electron chi connectivity index (χ4n) is 2.25. The number of Topliss-reactive ketones (excluding diaryl/α,β-unsaturated/α-hetero) is 1. The van der Waals surface area contributed by atoms with Crippen molar-refractivity contribution in [2.45, 2.75) is 18.9 Å². The summed E-state index contributed by atoms with van der Waals surface area (Å²) in [4.78, 5) is 12.0. The third-order valence-corrected chi connectivity index (χ3v) is 3.24. The lowest BCUT2D eigenvalue weighted by Gasteiger charge is -2.27. The van der Waals surface area contributed by atoms with Gasteiger partial charge in [0, 0.05) is 18.8 Å². The summed E-state index contributed by atoms with van der Waals surface area (Å²) in [6.07, 6.45) is 2.64. The number of carbonyl (C=O) groups excluding carboxylic acids is 1. The Balaban J connectivity index is 1.80. The molecule has 102 valence electrons. The predicted molar refractivity (Wildman–Crippen MR) is 74.0 cm³/mol. The van der Waals surface area contributed by atoms with Gasteiger partial charge in [-0.15, -0.1) is 6.58 Å². The fourth-order valence-corrected chi connectivity index (χ4v) is 2.25. The molecule has 1 aromatic carbocycles. The molecule has 0 bridgehead atoms. The summed E-state index contributed by atoms with van der Waals surface area (Å²) >= 11 is 0. The smallest absolute Gasteiger partial charge is 0.162 e. The molecular weight excluding hydrogens is 240 g/mol. The van der Waals surface area contributed by atoms with E-state index in [9.17, 15) is 4.79 Å². The van der Waals surface area contributed by atoms with Crippen molar-refractivity contribution in [1.82, 2.24) is 0 Å². The SMILES string of the molecule is C=CCOCC1COC(Cc2ccccc2)C(=O)C1. The molecule has 0 aliphatic carbocycles. The minimum Gasteiger partial charge on any atom is -0.377 e. The summed E-state index contributed by atoms with van der Waals surface area (Å²) in [6.45, 7) is 5.28. The van der Waals surface area contributed by atoms with Gasteiger partial charge in [0.25, 0.3) is 0 Å². The lowest BCUT2D eigenvalue weighted by molar-refractivity contribution is -0.141. The second-order valence-corrected chi connectivity index (χ2v) is 4.87. The van der Waals surface area contributed by atoms with Crippen molar-refractivity contribution in [3.63, 3.8) is 0 Å². The van der Waals surface area contributed by atoms with Crippen LogP contribution >= 0.6 is 0 Å². The van der Waals surface area contributed by atoms with Gasteiger partial charge in [-0.25, -0.2) is 0 Å². The van der Waals surface area contributed by atoms with Gasteiger partial charge in [-0.05, 0) is 5.56 Å². The number of rotatable bonds is 6. The summed E-state index contributed by atoms with van der Waals surface area (Å²) in [5.74, 6) is 0.363. The summed E-state index contributed by atoms with van der Waals surface area (Å²) < 4.78 is 11.1. The molecule has 1 aliphatic heterocycles. The Morgan fingerprint density at radius 1 is 1.37 bits per heavy atom. The van der Waals surface area contributed by atoms with Gasteiger partial charge in [-0.1, -0.05) is 36.4 Å². The summed E-state index contributed by atoms with van der Waals surface area (Å²) in [6, 6.07) is 9.98. The van der Waals surface area contributed by atoms with Crippen LogP contribution in [0.25, 0.3) is 0 Å². The molecule has 2 rings (SSSR count). The quantitative estimate of drug-likeness (QED) is 0.582. The molecule has 0 spiro atoms. The standard InChI is InChI=1S/C16H20O3/c1-2-8-18-11-14-9-15(17)16(19-12-14)10-13-6-4-3-5-7-13/h2-7,14,16H,1,8-12H2. The van der Waals surface area contributed by atoms with Gasteiger partial charge in [0.05, 0.1) is 19.8 Å². The number of hydrogen-bond donors (Lipinski definition) is 0. The van der Waals surface area contributed by atoms with E-state index in [1.165, 1.54) is 0 Å². The molecule has 0 N–H and O–H groups in total. The largest absolute Gasteiger partial charge is 0.377 e. The van der Waals surface area contributed by atoms with E-state index in [0.717, 1.165) is 5.56 Å². The molecule has 1 fully saturated rings. The maximum absolute atomic E-state index is 12.0. The van der Waals surface area contributed by atoms with Crippen LogP contribution in [-0.2, 0) is 20.7 Å². The monoisotopic (exact) mass is 260 g/mol. The average molecular weight is 260 g/mol. The molecule has 1 aliphatic rings. The molecule has 0 aromatic heterocycles. The van der Waals surface area contributed by atoms with Crippen molar-refractivity contribution in [1.29, 1.82) is 0 Å². The summed E-state index contributed by atoms with van der Waals surface area (Å²) in [7, 11) is 0. The fraction of sp³-hybridized carbons (Fsp3) is 0.438. The Hall–Kier alpha value is -1.45. The maximum atomic E-state index is 12.0. The highest BCUT2D eigenvalue weighted by Gasteiger charge is 2.29. The van der Waals surface area contributed by atoms with E-state index in [2.05, 4.69) is 6.58 Å². The highest BCUT2D eigenvalue weighted by Crippen LogP contribution is 2.19. The molecule has 19 heavy (non-hydrogen) atoms. The zero-order valence-electron chi connectivity index (χ0n) is 11.1. The van der Waals surface area contributed by atoms with E-state index in [1.807, 2.05) is 30.3 Å². The number of ether oxygens (including phenoxy) is 2. The lowest BCUT2D eigenvalue weighted by Crippen LogP contribution is -2.38. The van der Waals surface area contributed by atoms with Crippen molar-refractivity contribution >= 4 is 5.78 Å². The number of hydrogen-bond acceptors (Lipinski definition) is 3. The lowest BCUT2D eigenvalue weighted by atomic mass is 9.94. The van der Waals surface area contributed by atoms with Crippen molar-refractivity contribution < 1.29 is 14.3 Å². The highest BCUT2D eigenvalue weighted by molar-refractivity contribution is 5.84. The van der Waals surface area contributed by atoms with Gasteiger partial charge in [0.2, 0.25) is 0 Å². The molecule has 2 unspecified atom stereocenters. The van der Waals surface area contributed by atoms with Crippen LogP contribution in [0.1, 0.15) is 12.0 Å². The zero-order chi connectivity index (χ0) is 13.5. The Morgan fingerprint density at radius 3 is 2.84 bits per heavy atom. The van der Waals surface area contributed by atoms with E-state index in [4.69, 9.17) is 9.47 Å². The van der Waals surface area contributed by atoms with Crippen LogP contribution in [0, 0.1) is 5.92 Å². The Kier molecular flexibility index (Phi) is 5.31. The van der Waals surface area contributed by atoms with E-state index >= 15 is 0 Å². The number of ketones is 1. The first-order valence-electron chi connectivity index (χ1n) is 6.66. The molecular formula is C16H20O3. The molecule has 1 aromatic rings. The zero-order valence-corrected chi connectivity index (χ0v) is 11.1. The van der Waals surface area contributed by atoms with Crippen molar-refractivity contribution in [2.75, 3.05) is 19.8 Å². The van der Waals surface area contributed by atoms with E-state index in [1.54, 1.807) is 6.08 Å². The highest BCUT2D eigenvalue weighted by atomic mass is 16.5. The second-order valence-electron chi connectivity index (χ2n) is 4.87. The molecule has 2 atom stereocenters. The van der Waals surface area contributed by atoms with E-state index < -0.39 is 0 Å². The van der Waals surface area contributed by atoms with Gasteiger partial charge in [-0.2, -0.15) is 0 Å². The maximum Gasteiger partial charge on any atom is 0.162 e. The van der Waals surface area contributed by atoms with Crippen LogP contribution < -0.4 is 0 Å². The summed E-state index contributed by atoms with van der Waals surface area (Å²) in [5.41, 5.74) is 1.14. The molecule has 0 radical (unpaired) electrons. The molecule has 1 saturated heterocycles. The van der Waals surface area contributed by atoms with Gasteiger partial charge in [-0.3, -0.25) is 4.79 Å². The van der Waals surface area contributed by atoms with Crippen molar-refractivity contribution in [3.05, 3.63) is 48.6 Å². The Labute approximate surface area is 114 Å². The van der Waals surface area contributed by atoms with Gasteiger partial charge in [0.15, 0.2) is 5.78 Å². The van der Waals surface area contributed by atoms with Crippen LogP contribution in [0.15, 0.2) is 43.0 Å². The van der Waals surface area contributed by atoms with Crippen molar-refractivity contribution in [2.24, 2.45) is 5.92 Å². The van der Waals surface area contributed by atoms with Crippen molar-refractivity contribution in [3.8, 4) is 0 Å². The predicted octanol–water partition coefficient (Wildman–Crippen LogP) is 2.41. The van der Waals surface area contributed by atoms with Crippen LogP contribution in [0.5, 0.6) is 0 Å². The van der Waals surface area contributed by atoms with E-state index in [-0.39, 0.29) is 17.8 Å². The van der Waals surface area contributed by atoms with Crippen LogP contribution in [-0.4, -0.2) is 31.7 Å². The van der Waals surface area contributed by atoms with E-state index in [0.29, 0.717) is 32.7 Å². The molecule has 0 amide bonds. The number of carbonyl (C=O) groups is 1.